The number of hydroxylamine groups is 1. The number of rotatable bonds is 11. The summed E-state index contributed by atoms with van der Waals surface area (Å²) in [6.07, 6.45) is 14.4. The zero-order valence-electron chi connectivity index (χ0n) is 15.2. The Balaban J connectivity index is 1.59. The van der Waals surface area contributed by atoms with Crippen LogP contribution in [0.3, 0.4) is 0 Å². The summed E-state index contributed by atoms with van der Waals surface area (Å²) in [5.74, 6) is 0.160. The summed E-state index contributed by atoms with van der Waals surface area (Å²) >= 11 is 0. The molecule has 1 N–H and O–H groups in total. The van der Waals surface area contributed by atoms with Crippen LogP contribution in [-0.4, -0.2) is 17.0 Å². The second kappa shape index (κ2) is 10.5. The third-order valence-corrected chi connectivity index (χ3v) is 5.11. The molecule has 0 saturated heterocycles. The van der Waals surface area contributed by atoms with E-state index in [1.807, 2.05) is 18.2 Å². The molecule has 1 aromatic rings. The van der Waals surface area contributed by atoms with Crippen molar-refractivity contribution in [1.29, 1.82) is 0 Å². The van der Waals surface area contributed by atoms with Crippen molar-refractivity contribution >= 4 is 11.5 Å². The monoisotopic (exact) mass is 331 g/mol. The molecule has 0 bridgehead atoms. The van der Waals surface area contributed by atoms with Gasteiger partial charge < -0.3 is 0 Å². The van der Waals surface area contributed by atoms with E-state index in [1.165, 1.54) is 62.9 Å². The highest BCUT2D eigenvalue weighted by Gasteiger charge is 2.29. The van der Waals surface area contributed by atoms with Crippen LogP contribution in [0, 0.1) is 0 Å². The van der Waals surface area contributed by atoms with Gasteiger partial charge in [-0.2, -0.15) is 0 Å². The Bertz CT molecular complexity index is 500. The molecule has 0 fully saturated rings. The normalized spacial score (nSPS) is 17.2. The highest BCUT2D eigenvalue weighted by Crippen LogP contribution is 2.31. The first-order valence-electron chi connectivity index (χ1n) is 9.84. The number of nitrogens with zero attached hydrogens (tertiary/aromatic N) is 1. The summed E-state index contributed by atoms with van der Waals surface area (Å²) in [6, 6.07) is 7.31. The van der Waals surface area contributed by atoms with Gasteiger partial charge in [-0.05, 0) is 18.6 Å². The first-order valence-corrected chi connectivity index (χ1v) is 9.84. The molecule has 24 heavy (non-hydrogen) atoms. The van der Waals surface area contributed by atoms with E-state index in [9.17, 15) is 10.0 Å². The first kappa shape index (κ1) is 19.0. The van der Waals surface area contributed by atoms with Crippen LogP contribution in [0.1, 0.15) is 94.3 Å². The summed E-state index contributed by atoms with van der Waals surface area (Å²) in [7, 11) is 0. The molecule has 1 aliphatic heterocycles. The Labute approximate surface area is 147 Å². The summed E-state index contributed by atoms with van der Waals surface area (Å²) in [5, 5.41) is 11.7. The fourth-order valence-corrected chi connectivity index (χ4v) is 3.61. The SMILES string of the molecule is CCCCCCCCCCCCC1CC(=O)c2ccccc2N1O. The molecule has 1 aliphatic rings. The van der Waals surface area contributed by atoms with Crippen LogP contribution >= 0.6 is 0 Å². The van der Waals surface area contributed by atoms with Crippen molar-refractivity contribution in [1.82, 2.24) is 0 Å². The van der Waals surface area contributed by atoms with E-state index in [2.05, 4.69) is 6.92 Å². The molecule has 1 aromatic carbocycles. The summed E-state index contributed by atoms with van der Waals surface area (Å²) in [5.41, 5.74) is 1.32. The molecule has 0 saturated carbocycles. The van der Waals surface area contributed by atoms with Gasteiger partial charge >= 0.3 is 0 Å². The maximum absolute atomic E-state index is 12.2. The van der Waals surface area contributed by atoms with E-state index in [1.54, 1.807) is 6.07 Å². The second-order valence-corrected chi connectivity index (χ2v) is 7.11. The van der Waals surface area contributed by atoms with Crippen LogP contribution in [0.5, 0.6) is 0 Å². The van der Waals surface area contributed by atoms with Crippen molar-refractivity contribution < 1.29 is 10.0 Å². The Hall–Kier alpha value is -1.35. The lowest BCUT2D eigenvalue weighted by Crippen LogP contribution is -2.39. The fraction of sp³-hybridized carbons (Fsp3) is 0.667. The van der Waals surface area contributed by atoms with E-state index >= 15 is 0 Å². The van der Waals surface area contributed by atoms with Gasteiger partial charge in [-0.1, -0.05) is 83.3 Å². The van der Waals surface area contributed by atoms with Crippen molar-refractivity contribution in [3.63, 3.8) is 0 Å². The maximum Gasteiger partial charge on any atom is 0.167 e. The molecule has 134 valence electrons. The largest absolute Gasteiger partial charge is 0.294 e. The van der Waals surface area contributed by atoms with Gasteiger partial charge in [0.25, 0.3) is 0 Å². The van der Waals surface area contributed by atoms with Gasteiger partial charge in [0.05, 0.1) is 11.7 Å². The van der Waals surface area contributed by atoms with Gasteiger partial charge in [-0.25, -0.2) is 0 Å². The van der Waals surface area contributed by atoms with Crippen molar-refractivity contribution in [2.75, 3.05) is 5.06 Å². The average Bonchev–Trinajstić information content (AvgIpc) is 2.60. The topological polar surface area (TPSA) is 40.5 Å². The smallest absolute Gasteiger partial charge is 0.167 e. The Morgan fingerprint density at radius 2 is 1.54 bits per heavy atom. The molecule has 0 aromatic heterocycles. The highest BCUT2D eigenvalue weighted by molar-refractivity contribution is 6.03. The summed E-state index contributed by atoms with van der Waals surface area (Å²) in [6.45, 7) is 2.26. The van der Waals surface area contributed by atoms with Crippen LogP contribution in [0.2, 0.25) is 0 Å². The van der Waals surface area contributed by atoms with Gasteiger partial charge in [0.15, 0.2) is 5.78 Å². The van der Waals surface area contributed by atoms with E-state index in [4.69, 9.17) is 0 Å². The molecule has 3 nitrogen and oxygen atoms in total. The molecule has 0 aliphatic carbocycles. The minimum atomic E-state index is -0.0542. The minimum absolute atomic E-state index is 0.0542. The predicted octanol–water partition coefficient (Wildman–Crippen LogP) is 6.15. The molecule has 3 heteroatoms. The lowest BCUT2D eigenvalue weighted by molar-refractivity contribution is 0.0921. The molecule has 2 rings (SSSR count). The molecule has 0 spiro atoms. The lowest BCUT2D eigenvalue weighted by Gasteiger charge is -2.33. The number of para-hydroxylation sites is 1. The quantitative estimate of drug-likeness (QED) is 0.494. The van der Waals surface area contributed by atoms with Gasteiger partial charge in [-0.3, -0.25) is 15.1 Å². The number of ketones is 1. The van der Waals surface area contributed by atoms with Gasteiger partial charge in [0.1, 0.15) is 0 Å². The molecule has 1 atom stereocenters. The van der Waals surface area contributed by atoms with E-state index in [-0.39, 0.29) is 11.8 Å². The molecule has 1 unspecified atom stereocenters. The molecule has 1 heterocycles. The number of fused-ring (bicyclic) bond motifs is 1. The van der Waals surface area contributed by atoms with Crippen LogP contribution in [0.15, 0.2) is 24.3 Å². The second-order valence-electron chi connectivity index (χ2n) is 7.11. The number of benzene rings is 1. The van der Waals surface area contributed by atoms with Crippen molar-refractivity contribution in [3.8, 4) is 0 Å². The fourth-order valence-electron chi connectivity index (χ4n) is 3.61. The van der Waals surface area contributed by atoms with Crippen LogP contribution in [0.25, 0.3) is 0 Å². The average molecular weight is 332 g/mol. The molecular weight excluding hydrogens is 298 g/mol. The Kier molecular flexibility index (Phi) is 8.31. The van der Waals surface area contributed by atoms with Crippen LogP contribution in [0.4, 0.5) is 5.69 Å². The Morgan fingerprint density at radius 3 is 2.21 bits per heavy atom. The van der Waals surface area contributed by atoms with Crippen molar-refractivity contribution in [3.05, 3.63) is 29.8 Å². The van der Waals surface area contributed by atoms with E-state index in [0.717, 1.165) is 12.8 Å². The molecule has 0 amide bonds. The predicted molar refractivity (Wildman–Crippen MR) is 99.9 cm³/mol. The highest BCUT2D eigenvalue weighted by atomic mass is 16.5. The van der Waals surface area contributed by atoms with Crippen molar-refractivity contribution in [2.45, 2.75) is 90.0 Å². The van der Waals surface area contributed by atoms with Crippen LogP contribution in [-0.2, 0) is 0 Å². The maximum atomic E-state index is 12.2. The number of Topliss-reactive ketones (excluding diaryl/α,β-unsaturated/α-hetero) is 1. The van der Waals surface area contributed by atoms with Crippen molar-refractivity contribution in [2.24, 2.45) is 0 Å². The number of hydrogen-bond acceptors (Lipinski definition) is 3. The van der Waals surface area contributed by atoms with Gasteiger partial charge in [-0.15, -0.1) is 0 Å². The Morgan fingerprint density at radius 1 is 0.958 bits per heavy atom. The standard InChI is InChI=1S/C21H33NO2/c1-2-3-4-5-6-7-8-9-10-11-14-18-17-21(23)19-15-12-13-16-20(19)22(18)24/h12-13,15-16,18,24H,2-11,14,17H2,1H3. The minimum Gasteiger partial charge on any atom is -0.294 e. The number of anilines is 1. The van der Waals surface area contributed by atoms with Gasteiger partial charge in [0.2, 0.25) is 0 Å². The zero-order valence-corrected chi connectivity index (χ0v) is 15.2. The molecular formula is C21H33NO2. The third kappa shape index (κ3) is 5.62. The number of carbonyl (C=O) groups is 1. The first-order chi connectivity index (χ1) is 11.7. The van der Waals surface area contributed by atoms with Crippen LogP contribution < -0.4 is 5.06 Å². The molecule has 0 radical (unpaired) electrons. The zero-order chi connectivity index (χ0) is 17.2. The number of unbranched alkanes of at least 4 members (excludes halogenated alkanes) is 9. The lowest BCUT2D eigenvalue weighted by atomic mass is 9.93. The van der Waals surface area contributed by atoms with E-state index < -0.39 is 0 Å². The van der Waals surface area contributed by atoms with Gasteiger partial charge in [0, 0.05) is 12.0 Å². The third-order valence-electron chi connectivity index (χ3n) is 5.11. The van der Waals surface area contributed by atoms with E-state index in [0.29, 0.717) is 17.7 Å². The summed E-state index contributed by atoms with van der Waals surface area (Å²) in [4.78, 5) is 12.2. The number of hydrogen-bond donors (Lipinski definition) is 1. The number of carbonyl (C=O) groups excluding carboxylic acids is 1. The summed E-state index contributed by atoms with van der Waals surface area (Å²) < 4.78 is 0.